The van der Waals surface area contributed by atoms with Crippen molar-refractivity contribution in [2.45, 2.75) is 6.92 Å². The number of anilines is 1. The number of nitrogens with zero attached hydrogens (tertiary/aromatic N) is 1. The van der Waals surface area contributed by atoms with Crippen LogP contribution >= 0.6 is 15.9 Å². The summed E-state index contributed by atoms with van der Waals surface area (Å²) >= 11 is 3.35. The first kappa shape index (κ1) is 10.0. The number of phenolic OH excluding ortho intramolecular Hbond substituents is 1. The average molecular weight is 269 g/mol. The van der Waals surface area contributed by atoms with Crippen molar-refractivity contribution in [2.24, 2.45) is 0 Å². The number of halogens is 1. The second kappa shape index (κ2) is 3.58. The zero-order valence-corrected chi connectivity index (χ0v) is 9.58. The Morgan fingerprint density at radius 2 is 2.13 bits per heavy atom. The molecule has 2 rings (SSSR count). The Hall–Kier alpha value is -1.49. The third-order valence-corrected chi connectivity index (χ3v) is 2.96. The summed E-state index contributed by atoms with van der Waals surface area (Å²) in [5.41, 5.74) is 7.56. The van der Waals surface area contributed by atoms with Gasteiger partial charge in [0.15, 0.2) is 0 Å². The summed E-state index contributed by atoms with van der Waals surface area (Å²) in [5.74, 6) is 0.460. The quantitative estimate of drug-likeness (QED) is 0.834. The molecule has 0 aliphatic heterocycles. The lowest BCUT2D eigenvalue weighted by Gasteiger charge is -2.03. The Kier molecular flexibility index (Phi) is 2.40. The fourth-order valence-electron chi connectivity index (χ4n) is 1.24. The summed E-state index contributed by atoms with van der Waals surface area (Å²) in [4.78, 5) is 0. The van der Waals surface area contributed by atoms with Gasteiger partial charge in [-0.1, -0.05) is 21.1 Å². The molecule has 0 unspecified atom stereocenters. The minimum absolute atomic E-state index is 0.209. The van der Waals surface area contributed by atoms with Gasteiger partial charge in [0.25, 0.3) is 0 Å². The van der Waals surface area contributed by atoms with E-state index in [2.05, 4.69) is 21.1 Å². The molecule has 0 spiro atoms. The van der Waals surface area contributed by atoms with E-state index in [0.29, 0.717) is 5.69 Å². The van der Waals surface area contributed by atoms with E-state index < -0.39 is 0 Å². The van der Waals surface area contributed by atoms with E-state index in [-0.39, 0.29) is 11.6 Å². The van der Waals surface area contributed by atoms with Gasteiger partial charge in [-0.25, -0.2) is 0 Å². The molecule has 0 saturated carbocycles. The third-order valence-electron chi connectivity index (χ3n) is 2.14. The number of nitrogen functional groups attached to an aromatic ring is 1. The molecule has 1 aromatic heterocycles. The highest BCUT2D eigenvalue weighted by molar-refractivity contribution is 9.10. The molecular weight excluding hydrogens is 260 g/mol. The molecule has 0 saturated heterocycles. The van der Waals surface area contributed by atoms with Gasteiger partial charge >= 0.3 is 0 Å². The first-order chi connectivity index (χ1) is 7.08. The molecule has 0 aliphatic rings. The predicted octanol–water partition coefficient (Wildman–Crippen LogP) is 2.70. The topological polar surface area (TPSA) is 72.3 Å². The molecule has 0 atom stereocenters. The molecule has 15 heavy (non-hydrogen) atoms. The van der Waals surface area contributed by atoms with Crippen LogP contribution in [0.3, 0.4) is 0 Å². The summed E-state index contributed by atoms with van der Waals surface area (Å²) in [6, 6.07) is 5.08. The van der Waals surface area contributed by atoms with Crippen LogP contribution in [0.15, 0.2) is 27.2 Å². The molecule has 1 heterocycles. The Labute approximate surface area is 94.8 Å². The predicted molar refractivity (Wildman–Crippen MR) is 60.5 cm³/mol. The number of benzene rings is 1. The monoisotopic (exact) mass is 268 g/mol. The van der Waals surface area contributed by atoms with Crippen molar-refractivity contribution in [2.75, 3.05) is 5.73 Å². The number of rotatable bonds is 1. The van der Waals surface area contributed by atoms with Gasteiger partial charge in [-0.05, 0) is 19.1 Å². The van der Waals surface area contributed by atoms with E-state index in [0.717, 1.165) is 15.6 Å². The summed E-state index contributed by atoms with van der Waals surface area (Å²) in [6.45, 7) is 1.82. The van der Waals surface area contributed by atoms with Crippen LogP contribution in [-0.4, -0.2) is 10.3 Å². The Morgan fingerprint density at radius 1 is 1.40 bits per heavy atom. The van der Waals surface area contributed by atoms with E-state index in [4.69, 9.17) is 10.3 Å². The van der Waals surface area contributed by atoms with Crippen molar-refractivity contribution >= 4 is 21.8 Å². The van der Waals surface area contributed by atoms with Crippen LogP contribution in [0.25, 0.3) is 11.3 Å². The molecule has 0 amide bonds. The molecule has 0 aliphatic carbocycles. The number of phenols is 1. The van der Waals surface area contributed by atoms with Crippen LogP contribution in [-0.2, 0) is 0 Å². The zero-order chi connectivity index (χ0) is 11.0. The highest BCUT2D eigenvalue weighted by atomic mass is 79.9. The lowest BCUT2D eigenvalue weighted by atomic mass is 10.1. The Morgan fingerprint density at radius 3 is 2.67 bits per heavy atom. The SMILES string of the molecule is Cc1c(O)cc(-c2cc(N)on2)cc1Br. The van der Waals surface area contributed by atoms with E-state index in [1.54, 1.807) is 12.1 Å². The van der Waals surface area contributed by atoms with Crippen LogP contribution in [0.2, 0.25) is 0 Å². The minimum atomic E-state index is 0.209. The molecule has 4 nitrogen and oxygen atoms in total. The summed E-state index contributed by atoms with van der Waals surface area (Å²) in [7, 11) is 0. The number of aromatic nitrogens is 1. The molecule has 5 heteroatoms. The maximum absolute atomic E-state index is 9.63. The van der Waals surface area contributed by atoms with E-state index in [1.807, 2.05) is 13.0 Å². The first-order valence-corrected chi connectivity index (χ1v) is 5.09. The molecule has 3 N–H and O–H groups in total. The van der Waals surface area contributed by atoms with E-state index >= 15 is 0 Å². The van der Waals surface area contributed by atoms with Gasteiger partial charge in [0.1, 0.15) is 11.4 Å². The van der Waals surface area contributed by atoms with Crippen molar-refractivity contribution in [3.05, 3.63) is 28.2 Å². The van der Waals surface area contributed by atoms with Gasteiger partial charge in [-0.15, -0.1) is 0 Å². The number of hydrogen-bond donors (Lipinski definition) is 2. The molecule has 0 fully saturated rings. The van der Waals surface area contributed by atoms with Crippen LogP contribution in [0.5, 0.6) is 5.75 Å². The second-order valence-electron chi connectivity index (χ2n) is 3.22. The maximum Gasteiger partial charge on any atom is 0.222 e. The lowest BCUT2D eigenvalue weighted by Crippen LogP contribution is -1.82. The minimum Gasteiger partial charge on any atom is -0.508 e. The molecule has 0 radical (unpaired) electrons. The van der Waals surface area contributed by atoms with Crippen molar-refractivity contribution in [3.8, 4) is 17.0 Å². The fraction of sp³-hybridized carbons (Fsp3) is 0.100. The molecular formula is C10H9BrN2O2. The van der Waals surface area contributed by atoms with Crippen LogP contribution < -0.4 is 5.73 Å². The number of hydrogen-bond acceptors (Lipinski definition) is 4. The Balaban J connectivity index is 2.55. The maximum atomic E-state index is 9.63. The summed E-state index contributed by atoms with van der Waals surface area (Å²) in [6.07, 6.45) is 0. The van der Waals surface area contributed by atoms with Gasteiger partial charge in [-0.3, -0.25) is 0 Å². The van der Waals surface area contributed by atoms with Gasteiger partial charge in [0.05, 0.1) is 0 Å². The second-order valence-corrected chi connectivity index (χ2v) is 4.07. The standard InChI is InChI=1S/C10H9BrN2O2/c1-5-7(11)2-6(3-9(5)14)8-4-10(12)15-13-8/h2-4,14H,12H2,1H3. The third kappa shape index (κ3) is 1.83. The summed E-state index contributed by atoms with van der Waals surface area (Å²) in [5, 5.41) is 13.4. The average Bonchev–Trinajstić information content (AvgIpc) is 2.60. The van der Waals surface area contributed by atoms with Crippen molar-refractivity contribution in [1.29, 1.82) is 0 Å². The van der Waals surface area contributed by atoms with Crippen LogP contribution in [0.4, 0.5) is 5.88 Å². The van der Waals surface area contributed by atoms with Crippen molar-refractivity contribution in [1.82, 2.24) is 5.16 Å². The zero-order valence-electron chi connectivity index (χ0n) is 7.99. The molecule has 2 aromatic rings. The van der Waals surface area contributed by atoms with Gasteiger partial charge < -0.3 is 15.4 Å². The number of nitrogens with two attached hydrogens (primary N) is 1. The fourth-order valence-corrected chi connectivity index (χ4v) is 1.69. The van der Waals surface area contributed by atoms with E-state index in [9.17, 15) is 5.11 Å². The molecule has 78 valence electrons. The Bertz CT molecular complexity index is 485. The lowest BCUT2D eigenvalue weighted by molar-refractivity contribution is 0.439. The van der Waals surface area contributed by atoms with E-state index in [1.165, 1.54) is 0 Å². The highest BCUT2D eigenvalue weighted by Crippen LogP contribution is 2.32. The largest absolute Gasteiger partial charge is 0.508 e. The summed E-state index contributed by atoms with van der Waals surface area (Å²) < 4.78 is 5.58. The van der Waals surface area contributed by atoms with Gasteiger partial charge in [0.2, 0.25) is 5.88 Å². The van der Waals surface area contributed by atoms with Crippen LogP contribution in [0, 0.1) is 6.92 Å². The van der Waals surface area contributed by atoms with Gasteiger partial charge in [-0.2, -0.15) is 0 Å². The number of aromatic hydroxyl groups is 1. The van der Waals surface area contributed by atoms with Crippen LogP contribution in [0.1, 0.15) is 5.56 Å². The first-order valence-electron chi connectivity index (χ1n) is 4.29. The van der Waals surface area contributed by atoms with Gasteiger partial charge in [0, 0.05) is 21.7 Å². The van der Waals surface area contributed by atoms with Crippen molar-refractivity contribution < 1.29 is 9.63 Å². The van der Waals surface area contributed by atoms with Crippen molar-refractivity contribution in [3.63, 3.8) is 0 Å². The molecule has 1 aromatic carbocycles. The normalized spacial score (nSPS) is 10.5. The highest BCUT2D eigenvalue weighted by Gasteiger charge is 2.09. The smallest absolute Gasteiger partial charge is 0.222 e. The molecule has 0 bridgehead atoms.